The highest BCUT2D eigenvalue weighted by Gasteiger charge is 2.23. The van der Waals surface area contributed by atoms with Crippen molar-refractivity contribution < 1.29 is 19.4 Å². The third-order valence-electron chi connectivity index (χ3n) is 2.77. The molecule has 2 amide bonds. The second-order valence-corrected chi connectivity index (χ2v) is 4.19. The van der Waals surface area contributed by atoms with Crippen LogP contribution in [0.3, 0.4) is 0 Å². The van der Waals surface area contributed by atoms with E-state index in [-0.39, 0.29) is 12.6 Å². The van der Waals surface area contributed by atoms with Crippen LogP contribution in [-0.4, -0.2) is 54.4 Å². The molecule has 7 heteroatoms. The summed E-state index contributed by atoms with van der Waals surface area (Å²) in [7, 11) is 0. The summed E-state index contributed by atoms with van der Waals surface area (Å²) in [5.74, 6) is -1.36. The Kier molecular flexibility index (Phi) is 5.39. The molecule has 1 aliphatic rings. The van der Waals surface area contributed by atoms with Gasteiger partial charge >= 0.3 is 12.0 Å². The second kappa shape index (κ2) is 6.81. The molecular formula is C11H17N3O4. The van der Waals surface area contributed by atoms with Crippen molar-refractivity contribution >= 4 is 12.0 Å². The molecule has 1 saturated heterocycles. The number of carbonyl (C=O) groups is 2. The molecule has 0 aliphatic carbocycles. The fraction of sp³-hybridized carbons (Fsp3) is 0.727. The number of hydrogen-bond acceptors (Lipinski definition) is 4. The number of hydrogen-bond donors (Lipinski definition) is 2. The summed E-state index contributed by atoms with van der Waals surface area (Å²) in [6.07, 6.45) is -0.199. The number of nitriles is 1. The first-order valence-corrected chi connectivity index (χ1v) is 5.81. The van der Waals surface area contributed by atoms with Gasteiger partial charge in [0, 0.05) is 13.1 Å². The van der Waals surface area contributed by atoms with Crippen molar-refractivity contribution in [2.75, 3.05) is 26.2 Å². The maximum Gasteiger partial charge on any atom is 0.317 e. The van der Waals surface area contributed by atoms with Crippen LogP contribution in [0.4, 0.5) is 4.79 Å². The predicted molar refractivity (Wildman–Crippen MR) is 61.7 cm³/mol. The molecule has 2 atom stereocenters. The lowest BCUT2D eigenvalue weighted by Crippen LogP contribution is -2.49. The highest BCUT2D eigenvalue weighted by atomic mass is 16.5. The van der Waals surface area contributed by atoms with Gasteiger partial charge in [0.25, 0.3) is 0 Å². The minimum absolute atomic E-state index is 0.247. The van der Waals surface area contributed by atoms with Crippen molar-refractivity contribution in [1.82, 2.24) is 10.2 Å². The lowest BCUT2D eigenvalue weighted by atomic mass is 10.1. The summed E-state index contributed by atoms with van der Waals surface area (Å²) in [6.45, 7) is 2.93. The van der Waals surface area contributed by atoms with Gasteiger partial charge in [-0.05, 0) is 6.42 Å². The fourth-order valence-electron chi connectivity index (χ4n) is 1.54. The molecule has 0 bridgehead atoms. The molecule has 0 aromatic carbocycles. The molecule has 18 heavy (non-hydrogen) atoms. The zero-order chi connectivity index (χ0) is 13.5. The van der Waals surface area contributed by atoms with E-state index >= 15 is 0 Å². The first-order chi connectivity index (χ1) is 8.54. The van der Waals surface area contributed by atoms with Crippen LogP contribution in [0.1, 0.15) is 13.3 Å². The van der Waals surface area contributed by atoms with Crippen LogP contribution in [0.5, 0.6) is 0 Å². The van der Waals surface area contributed by atoms with Gasteiger partial charge in [-0.1, -0.05) is 6.92 Å². The van der Waals surface area contributed by atoms with Crippen LogP contribution in [0, 0.1) is 17.2 Å². The quantitative estimate of drug-likeness (QED) is 0.737. The number of morpholine rings is 1. The monoisotopic (exact) mass is 255 g/mol. The molecule has 0 spiro atoms. The van der Waals surface area contributed by atoms with Gasteiger partial charge in [0.1, 0.15) is 0 Å². The van der Waals surface area contributed by atoms with E-state index in [2.05, 4.69) is 5.32 Å². The molecular weight excluding hydrogens is 238 g/mol. The normalized spacial score (nSPS) is 20.9. The van der Waals surface area contributed by atoms with Gasteiger partial charge in [-0.25, -0.2) is 4.79 Å². The smallest absolute Gasteiger partial charge is 0.317 e. The number of rotatable bonds is 4. The minimum atomic E-state index is -0.875. The van der Waals surface area contributed by atoms with Gasteiger partial charge < -0.3 is 20.1 Å². The average Bonchev–Trinajstić information content (AvgIpc) is 2.38. The summed E-state index contributed by atoms with van der Waals surface area (Å²) in [4.78, 5) is 23.8. The van der Waals surface area contributed by atoms with Crippen molar-refractivity contribution in [2.24, 2.45) is 5.92 Å². The number of carbonyl (C=O) groups excluding carboxylic acids is 1. The highest BCUT2D eigenvalue weighted by molar-refractivity contribution is 5.74. The molecule has 2 unspecified atom stereocenters. The molecule has 7 nitrogen and oxygen atoms in total. The van der Waals surface area contributed by atoms with Gasteiger partial charge in [-0.3, -0.25) is 4.79 Å². The lowest BCUT2D eigenvalue weighted by Gasteiger charge is -2.29. The Morgan fingerprint density at radius 3 is 3.00 bits per heavy atom. The van der Waals surface area contributed by atoms with Gasteiger partial charge in [-0.15, -0.1) is 0 Å². The van der Waals surface area contributed by atoms with Gasteiger partial charge in [-0.2, -0.15) is 5.26 Å². The summed E-state index contributed by atoms with van der Waals surface area (Å²) in [5, 5.41) is 20.0. The van der Waals surface area contributed by atoms with E-state index in [0.717, 1.165) is 0 Å². The van der Waals surface area contributed by atoms with E-state index < -0.39 is 18.0 Å². The Morgan fingerprint density at radius 2 is 2.39 bits per heavy atom. The van der Waals surface area contributed by atoms with Crippen molar-refractivity contribution in [3.63, 3.8) is 0 Å². The first-order valence-electron chi connectivity index (χ1n) is 5.81. The van der Waals surface area contributed by atoms with Crippen LogP contribution >= 0.6 is 0 Å². The Labute approximate surface area is 105 Å². The Morgan fingerprint density at radius 1 is 1.67 bits per heavy atom. The molecule has 1 heterocycles. The largest absolute Gasteiger partial charge is 0.481 e. The number of aliphatic carboxylic acids is 1. The molecule has 1 aliphatic heterocycles. The van der Waals surface area contributed by atoms with Crippen molar-refractivity contribution in [1.29, 1.82) is 5.26 Å². The molecule has 0 radical (unpaired) electrons. The van der Waals surface area contributed by atoms with E-state index in [1.165, 1.54) is 4.90 Å². The standard InChI is InChI=1S/C11H17N3O4/c1-8(10(15)16)2-3-13-11(17)14-4-5-18-9(6-12)7-14/h8-9H,2-5,7H2,1H3,(H,13,17)(H,15,16). The van der Waals surface area contributed by atoms with Crippen molar-refractivity contribution in [2.45, 2.75) is 19.4 Å². The van der Waals surface area contributed by atoms with Gasteiger partial charge in [0.2, 0.25) is 0 Å². The van der Waals surface area contributed by atoms with E-state index in [9.17, 15) is 9.59 Å². The molecule has 1 fully saturated rings. The predicted octanol–water partition coefficient (Wildman–Crippen LogP) is 0.0312. The molecule has 2 N–H and O–H groups in total. The number of carboxylic acid groups (broad SMARTS) is 1. The Bertz CT molecular complexity index is 353. The number of amides is 2. The number of carboxylic acids is 1. The lowest BCUT2D eigenvalue weighted by molar-refractivity contribution is -0.141. The summed E-state index contributed by atoms with van der Waals surface area (Å²) in [5.41, 5.74) is 0. The Hall–Kier alpha value is -1.81. The fourth-order valence-corrected chi connectivity index (χ4v) is 1.54. The maximum atomic E-state index is 11.7. The molecule has 1 rings (SSSR count). The van der Waals surface area contributed by atoms with Gasteiger partial charge in [0.15, 0.2) is 6.10 Å². The molecule has 0 aromatic rings. The number of ether oxygens (including phenoxy) is 1. The SMILES string of the molecule is CC(CCNC(=O)N1CCOC(C#N)C1)C(=O)O. The van der Waals surface area contributed by atoms with Crippen LogP contribution in [0.2, 0.25) is 0 Å². The summed E-state index contributed by atoms with van der Waals surface area (Å²) < 4.78 is 5.12. The Balaban J connectivity index is 2.28. The molecule has 0 saturated carbocycles. The average molecular weight is 255 g/mol. The summed E-state index contributed by atoms with van der Waals surface area (Å²) in [6, 6.07) is 1.68. The number of urea groups is 1. The van der Waals surface area contributed by atoms with E-state index in [4.69, 9.17) is 15.1 Å². The van der Waals surface area contributed by atoms with Crippen molar-refractivity contribution in [3.8, 4) is 6.07 Å². The topological polar surface area (TPSA) is 103 Å². The van der Waals surface area contributed by atoms with E-state index in [1.54, 1.807) is 6.92 Å². The molecule has 100 valence electrons. The highest BCUT2D eigenvalue weighted by Crippen LogP contribution is 2.05. The summed E-state index contributed by atoms with van der Waals surface area (Å²) >= 11 is 0. The number of nitrogens with one attached hydrogen (secondary N) is 1. The van der Waals surface area contributed by atoms with Crippen LogP contribution < -0.4 is 5.32 Å². The third kappa shape index (κ3) is 4.22. The zero-order valence-electron chi connectivity index (χ0n) is 10.3. The number of nitrogens with zero attached hydrogens (tertiary/aromatic N) is 2. The van der Waals surface area contributed by atoms with E-state index in [0.29, 0.717) is 26.1 Å². The molecule has 0 aromatic heterocycles. The second-order valence-electron chi connectivity index (χ2n) is 4.19. The first kappa shape index (κ1) is 14.3. The van der Waals surface area contributed by atoms with Gasteiger partial charge in [0.05, 0.1) is 25.1 Å². The third-order valence-corrected chi connectivity index (χ3v) is 2.77. The minimum Gasteiger partial charge on any atom is -0.481 e. The maximum absolute atomic E-state index is 11.7. The van der Waals surface area contributed by atoms with Crippen LogP contribution in [0.25, 0.3) is 0 Å². The van der Waals surface area contributed by atoms with Crippen LogP contribution in [0.15, 0.2) is 0 Å². The zero-order valence-corrected chi connectivity index (χ0v) is 10.3. The van der Waals surface area contributed by atoms with E-state index in [1.807, 2.05) is 6.07 Å². The van der Waals surface area contributed by atoms with Crippen molar-refractivity contribution in [3.05, 3.63) is 0 Å². The van der Waals surface area contributed by atoms with Crippen LogP contribution in [-0.2, 0) is 9.53 Å².